The number of rotatable bonds is 18. The average Bonchev–Trinajstić information content (AvgIpc) is 2.97. The summed E-state index contributed by atoms with van der Waals surface area (Å²) < 4.78 is 0. The van der Waals surface area contributed by atoms with Crippen LogP contribution in [0.1, 0.15) is 30.4 Å². The van der Waals surface area contributed by atoms with Gasteiger partial charge in [0.2, 0.25) is 17.7 Å². The van der Waals surface area contributed by atoms with Crippen LogP contribution >= 0.6 is 11.8 Å². The molecule has 0 bridgehead atoms. The van der Waals surface area contributed by atoms with E-state index >= 15 is 0 Å². The zero-order chi connectivity index (χ0) is 31.8. The molecule has 14 heteroatoms. The molecular formula is C29H41N7O6S. The molecule has 0 fully saturated rings. The van der Waals surface area contributed by atoms with Crippen molar-refractivity contribution >= 4 is 41.4 Å². The van der Waals surface area contributed by atoms with Crippen molar-refractivity contribution in [3.05, 3.63) is 65.7 Å². The van der Waals surface area contributed by atoms with Crippen LogP contribution in [-0.2, 0) is 32.0 Å². The van der Waals surface area contributed by atoms with E-state index < -0.39 is 47.9 Å². The molecule has 4 atom stereocenters. The number of aromatic hydroxyl groups is 1. The lowest BCUT2D eigenvalue weighted by Crippen LogP contribution is -2.57. The van der Waals surface area contributed by atoms with Crippen molar-refractivity contribution in [2.45, 2.75) is 56.3 Å². The molecule has 0 aliphatic rings. The fourth-order valence-electron chi connectivity index (χ4n) is 4.10. The number of aliphatic imine (C=N–C) groups is 1. The number of aliphatic carboxylic acids is 1. The number of amides is 3. The van der Waals surface area contributed by atoms with Crippen molar-refractivity contribution < 1.29 is 29.4 Å². The smallest absolute Gasteiger partial charge is 0.326 e. The topological polar surface area (TPSA) is 235 Å². The summed E-state index contributed by atoms with van der Waals surface area (Å²) in [6.45, 7) is 0.206. The van der Waals surface area contributed by atoms with Crippen molar-refractivity contribution in [2.24, 2.45) is 22.2 Å². The fourth-order valence-corrected chi connectivity index (χ4v) is 4.59. The monoisotopic (exact) mass is 615 g/mol. The lowest BCUT2D eigenvalue weighted by atomic mass is 10.0. The lowest BCUT2D eigenvalue weighted by Gasteiger charge is -2.25. The van der Waals surface area contributed by atoms with Gasteiger partial charge in [0.05, 0.1) is 6.04 Å². The van der Waals surface area contributed by atoms with Crippen LogP contribution in [0.4, 0.5) is 0 Å². The SMILES string of the molecule is CSCCC(N)C(=O)NC(CCCN=C(N)N)C(=O)NC(Cc1ccc(O)cc1)C(=O)NC(Cc1ccccc1)C(=O)O. The van der Waals surface area contributed by atoms with Gasteiger partial charge in [-0.15, -0.1) is 0 Å². The molecule has 0 saturated heterocycles. The molecule has 43 heavy (non-hydrogen) atoms. The molecule has 11 N–H and O–H groups in total. The van der Waals surface area contributed by atoms with Crippen molar-refractivity contribution in [3.8, 4) is 5.75 Å². The second-order valence-corrected chi connectivity index (χ2v) is 10.9. The van der Waals surface area contributed by atoms with Crippen LogP contribution in [0.25, 0.3) is 0 Å². The minimum absolute atomic E-state index is 0.0164. The average molecular weight is 616 g/mol. The van der Waals surface area contributed by atoms with Gasteiger partial charge in [0.25, 0.3) is 0 Å². The van der Waals surface area contributed by atoms with Crippen LogP contribution in [0.15, 0.2) is 59.6 Å². The summed E-state index contributed by atoms with van der Waals surface area (Å²) in [5.74, 6) is -2.60. The van der Waals surface area contributed by atoms with Crippen LogP contribution in [-0.4, -0.2) is 82.6 Å². The molecule has 234 valence electrons. The van der Waals surface area contributed by atoms with Crippen LogP contribution in [0.2, 0.25) is 0 Å². The molecule has 13 nitrogen and oxygen atoms in total. The van der Waals surface area contributed by atoms with E-state index in [1.54, 1.807) is 42.5 Å². The van der Waals surface area contributed by atoms with Crippen molar-refractivity contribution in [2.75, 3.05) is 18.6 Å². The minimum Gasteiger partial charge on any atom is -0.508 e. The second-order valence-electron chi connectivity index (χ2n) is 9.92. The van der Waals surface area contributed by atoms with Gasteiger partial charge in [-0.25, -0.2) is 4.79 Å². The summed E-state index contributed by atoms with van der Waals surface area (Å²) in [5, 5.41) is 27.3. The Kier molecular flexibility index (Phi) is 14.8. The Hall–Kier alpha value is -4.30. The zero-order valence-corrected chi connectivity index (χ0v) is 24.9. The van der Waals surface area contributed by atoms with Gasteiger partial charge in [0.1, 0.15) is 23.9 Å². The number of benzene rings is 2. The van der Waals surface area contributed by atoms with Gasteiger partial charge >= 0.3 is 5.97 Å². The molecule has 0 spiro atoms. The van der Waals surface area contributed by atoms with Crippen molar-refractivity contribution in [3.63, 3.8) is 0 Å². The predicted octanol–water partition coefficient (Wildman–Crippen LogP) is -0.150. The first-order valence-corrected chi connectivity index (χ1v) is 15.1. The summed E-state index contributed by atoms with van der Waals surface area (Å²) >= 11 is 1.53. The Morgan fingerprint density at radius 3 is 1.98 bits per heavy atom. The molecular weight excluding hydrogens is 574 g/mol. The molecule has 2 aromatic carbocycles. The molecule has 0 aromatic heterocycles. The number of phenols is 1. The van der Waals surface area contributed by atoms with E-state index in [1.807, 2.05) is 6.26 Å². The highest BCUT2D eigenvalue weighted by Gasteiger charge is 2.30. The van der Waals surface area contributed by atoms with Gasteiger partial charge in [-0.05, 0) is 54.5 Å². The Bertz CT molecular complexity index is 1230. The number of carbonyl (C=O) groups is 4. The molecule has 0 aliphatic carbocycles. The normalized spacial score (nSPS) is 13.5. The fraction of sp³-hybridized carbons (Fsp3) is 0.414. The van der Waals surface area contributed by atoms with E-state index in [9.17, 15) is 29.4 Å². The number of thioether (sulfide) groups is 1. The maximum absolute atomic E-state index is 13.5. The van der Waals surface area contributed by atoms with E-state index in [2.05, 4.69) is 20.9 Å². The number of hydrogen-bond acceptors (Lipinski definition) is 8. The Morgan fingerprint density at radius 2 is 1.37 bits per heavy atom. The number of nitrogens with zero attached hydrogens (tertiary/aromatic N) is 1. The third-order valence-corrected chi connectivity index (χ3v) is 7.10. The van der Waals surface area contributed by atoms with Gasteiger partial charge in [-0.2, -0.15) is 11.8 Å². The highest BCUT2D eigenvalue weighted by molar-refractivity contribution is 7.98. The van der Waals surface area contributed by atoms with Crippen molar-refractivity contribution in [1.82, 2.24) is 16.0 Å². The van der Waals surface area contributed by atoms with Gasteiger partial charge in [-0.1, -0.05) is 42.5 Å². The molecule has 0 saturated carbocycles. The first kappa shape index (κ1) is 34.9. The first-order valence-electron chi connectivity index (χ1n) is 13.8. The summed E-state index contributed by atoms with van der Waals surface area (Å²) in [6.07, 6.45) is 2.78. The lowest BCUT2D eigenvalue weighted by molar-refractivity contribution is -0.142. The van der Waals surface area contributed by atoms with Gasteiger partial charge in [0.15, 0.2) is 5.96 Å². The standard InChI is InChI=1S/C29H41N7O6S/c1-43-15-13-21(30)25(38)34-22(8-5-14-33-29(31)32)26(39)35-23(16-19-9-11-20(37)12-10-19)27(40)36-24(28(41)42)17-18-6-3-2-4-7-18/h2-4,6-7,9-12,21-24,37H,5,8,13-17,30H2,1H3,(H,34,38)(H,35,39)(H,36,40)(H,41,42)(H4,31,32,33). The number of guanidine groups is 1. The molecule has 4 unspecified atom stereocenters. The largest absolute Gasteiger partial charge is 0.508 e. The number of nitrogens with two attached hydrogens (primary N) is 3. The van der Waals surface area contributed by atoms with E-state index in [0.717, 1.165) is 0 Å². The third kappa shape index (κ3) is 13.0. The van der Waals surface area contributed by atoms with E-state index in [-0.39, 0.29) is 37.5 Å². The third-order valence-electron chi connectivity index (χ3n) is 6.45. The van der Waals surface area contributed by atoms with Crippen LogP contribution in [0, 0.1) is 0 Å². The number of nitrogens with one attached hydrogen (secondary N) is 3. The summed E-state index contributed by atoms with van der Waals surface area (Å²) in [5.41, 5.74) is 18.1. The molecule has 0 radical (unpaired) electrons. The first-order chi connectivity index (χ1) is 20.5. The van der Waals surface area contributed by atoms with E-state index in [0.29, 0.717) is 29.7 Å². The molecule has 2 rings (SSSR count). The van der Waals surface area contributed by atoms with Crippen molar-refractivity contribution in [1.29, 1.82) is 0 Å². The van der Waals surface area contributed by atoms with Crippen LogP contribution in [0.5, 0.6) is 5.75 Å². The second kappa shape index (κ2) is 18.3. The highest BCUT2D eigenvalue weighted by Crippen LogP contribution is 2.13. The predicted molar refractivity (Wildman–Crippen MR) is 166 cm³/mol. The van der Waals surface area contributed by atoms with E-state index in [4.69, 9.17) is 17.2 Å². The highest BCUT2D eigenvalue weighted by atomic mass is 32.2. The quantitative estimate of drug-likeness (QED) is 0.0627. The van der Waals surface area contributed by atoms with Crippen LogP contribution in [0.3, 0.4) is 0 Å². The summed E-state index contributed by atoms with van der Waals surface area (Å²) in [4.78, 5) is 55.7. The molecule has 3 amide bonds. The number of phenolic OH excluding ortho intramolecular Hbond substituents is 1. The molecule has 0 heterocycles. The maximum atomic E-state index is 13.5. The number of carboxylic acid groups (broad SMARTS) is 1. The number of carboxylic acids is 1. The van der Waals surface area contributed by atoms with Crippen LogP contribution < -0.4 is 33.2 Å². The number of carbonyl (C=O) groups excluding carboxylic acids is 3. The molecule has 0 aliphatic heterocycles. The zero-order valence-electron chi connectivity index (χ0n) is 24.1. The van der Waals surface area contributed by atoms with Gasteiger partial charge in [-0.3, -0.25) is 19.4 Å². The number of hydrogen-bond donors (Lipinski definition) is 8. The summed E-state index contributed by atoms with van der Waals surface area (Å²) in [6, 6.07) is 10.5. The molecule has 2 aromatic rings. The summed E-state index contributed by atoms with van der Waals surface area (Å²) in [7, 11) is 0. The maximum Gasteiger partial charge on any atom is 0.326 e. The Morgan fingerprint density at radius 1 is 0.814 bits per heavy atom. The Labute approximate surface area is 255 Å². The minimum atomic E-state index is -1.27. The Balaban J connectivity index is 2.27. The van der Waals surface area contributed by atoms with Gasteiger partial charge < -0.3 is 43.4 Å². The van der Waals surface area contributed by atoms with Gasteiger partial charge in [0, 0.05) is 19.4 Å². The van der Waals surface area contributed by atoms with E-state index in [1.165, 1.54) is 23.9 Å².